The molecule has 28 heavy (non-hydrogen) atoms. The maximum atomic E-state index is 12.8. The Morgan fingerprint density at radius 3 is 2.54 bits per heavy atom. The summed E-state index contributed by atoms with van der Waals surface area (Å²) in [6.07, 6.45) is 5.56. The van der Waals surface area contributed by atoms with Gasteiger partial charge < -0.3 is 5.32 Å². The van der Waals surface area contributed by atoms with Gasteiger partial charge in [-0.25, -0.2) is 0 Å². The van der Waals surface area contributed by atoms with Crippen molar-refractivity contribution in [1.29, 1.82) is 0 Å². The van der Waals surface area contributed by atoms with E-state index in [2.05, 4.69) is 66.5 Å². The fourth-order valence-corrected chi connectivity index (χ4v) is 4.58. The quantitative estimate of drug-likeness (QED) is 0.829. The third-order valence-electron chi connectivity index (χ3n) is 6.47. The minimum atomic E-state index is 0.0870. The molecule has 0 spiro atoms. The van der Waals surface area contributed by atoms with E-state index in [0.29, 0.717) is 0 Å². The number of aryl methyl sites for hydroxylation is 3. The van der Waals surface area contributed by atoms with E-state index in [0.717, 1.165) is 32.5 Å². The van der Waals surface area contributed by atoms with Crippen molar-refractivity contribution in [2.75, 3.05) is 13.1 Å². The van der Waals surface area contributed by atoms with E-state index in [-0.39, 0.29) is 17.9 Å². The van der Waals surface area contributed by atoms with Crippen molar-refractivity contribution in [3.63, 3.8) is 0 Å². The summed E-state index contributed by atoms with van der Waals surface area (Å²) in [6.45, 7) is 7.22. The van der Waals surface area contributed by atoms with E-state index in [1.807, 2.05) is 0 Å². The number of hydrogen-bond donors (Lipinski definition) is 1. The maximum Gasteiger partial charge on any atom is 0.223 e. The molecule has 0 saturated carbocycles. The summed E-state index contributed by atoms with van der Waals surface area (Å²) in [4.78, 5) is 15.3. The lowest BCUT2D eigenvalue weighted by Gasteiger charge is -2.32. The Morgan fingerprint density at radius 2 is 1.79 bits per heavy atom. The van der Waals surface area contributed by atoms with Gasteiger partial charge in [-0.1, -0.05) is 48.0 Å². The number of benzene rings is 2. The molecule has 1 saturated heterocycles. The van der Waals surface area contributed by atoms with Crippen molar-refractivity contribution < 1.29 is 4.79 Å². The zero-order valence-corrected chi connectivity index (χ0v) is 17.2. The molecule has 0 bridgehead atoms. The van der Waals surface area contributed by atoms with Crippen LogP contribution < -0.4 is 5.32 Å². The van der Waals surface area contributed by atoms with Gasteiger partial charge in [-0.05, 0) is 81.3 Å². The maximum absolute atomic E-state index is 12.8. The summed E-state index contributed by atoms with van der Waals surface area (Å²) in [6, 6.07) is 15.6. The summed E-state index contributed by atoms with van der Waals surface area (Å²) in [5, 5.41) is 3.27. The molecular weight excluding hydrogens is 344 g/mol. The monoisotopic (exact) mass is 376 g/mol. The highest BCUT2D eigenvalue weighted by molar-refractivity contribution is 5.79. The molecule has 1 N–H and O–H groups in total. The molecule has 1 amide bonds. The number of fused-ring (bicyclic) bond motifs is 1. The van der Waals surface area contributed by atoms with Crippen LogP contribution in [0.3, 0.4) is 0 Å². The number of amides is 1. The molecular formula is C25H32N2O. The molecule has 3 nitrogen and oxygen atoms in total. The molecule has 3 heteroatoms. The van der Waals surface area contributed by atoms with E-state index in [1.165, 1.54) is 47.1 Å². The Balaban J connectivity index is 1.27. The Morgan fingerprint density at radius 1 is 1.07 bits per heavy atom. The number of nitrogens with one attached hydrogen (secondary N) is 1. The first-order valence-corrected chi connectivity index (χ1v) is 10.8. The van der Waals surface area contributed by atoms with Crippen LogP contribution in [0.15, 0.2) is 42.5 Å². The number of carbonyl (C=O) groups excluding carboxylic acids is 1. The number of likely N-dealkylation sites (tertiary alicyclic amines) is 1. The van der Waals surface area contributed by atoms with E-state index in [1.54, 1.807) is 0 Å². The lowest BCUT2D eigenvalue weighted by atomic mass is 9.94. The minimum absolute atomic E-state index is 0.0870. The van der Waals surface area contributed by atoms with Crippen LogP contribution in [-0.2, 0) is 24.2 Å². The molecule has 1 heterocycles. The number of rotatable bonds is 5. The van der Waals surface area contributed by atoms with Crippen LogP contribution in [0.5, 0.6) is 0 Å². The highest BCUT2D eigenvalue weighted by Gasteiger charge is 2.26. The van der Waals surface area contributed by atoms with Crippen molar-refractivity contribution >= 4 is 5.91 Å². The van der Waals surface area contributed by atoms with E-state index < -0.39 is 0 Å². The van der Waals surface area contributed by atoms with Crippen molar-refractivity contribution in [2.45, 2.75) is 58.5 Å². The molecule has 1 atom stereocenters. The van der Waals surface area contributed by atoms with E-state index >= 15 is 0 Å². The topological polar surface area (TPSA) is 32.3 Å². The van der Waals surface area contributed by atoms with Crippen LogP contribution in [-0.4, -0.2) is 23.9 Å². The van der Waals surface area contributed by atoms with Gasteiger partial charge >= 0.3 is 0 Å². The van der Waals surface area contributed by atoms with Gasteiger partial charge in [0.05, 0.1) is 6.04 Å². The molecule has 1 aliphatic heterocycles. The fourth-order valence-electron chi connectivity index (χ4n) is 4.58. The van der Waals surface area contributed by atoms with E-state index in [9.17, 15) is 4.79 Å². The van der Waals surface area contributed by atoms with Gasteiger partial charge in [-0.3, -0.25) is 9.69 Å². The van der Waals surface area contributed by atoms with Gasteiger partial charge in [0.15, 0.2) is 0 Å². The fraction of sp³-hybridized carbons (Fsp3) is 0.480. The Kier molecular flexibility index (Phi) is 5.82. The average molecular weight is 377 g/mol. The summed E-state index contributed by atoms with van der Waals surface area (Å²) < 4.78 is 0. The molecule has 1 fully saturated rings. The van der Waals surface area contributed by atoms with Gasteiger partial charge in [-0.15, -0.1) is 0 Å². The largest absolute Gasteiger partial charge is 0.349 e. The lowest BCUT2D eigenvalue weighted by Crippen LogP contribution is -2.40. The second-order valence-corrected chi connectivity index (χ2v) is 8.65. The predicted octanol–water partition coefficient (Wildman–Crippen LogP) is 4.57. The zero-order chi connectivity index (χ0) is 19.5. The predicted molar refractivity (Wildman–Crippen MR) is 114 cm³/mol. The standard InChI is InChI=1S/C25H32N2O/c1-18-6-8-20(9-7-18)17-27-14-12-22(13-15-27)25(28)26-19(2)23-11-10-21-4-3-5-24(21)16-23/h6-11,16,19,22H,3-5,12-15,17H2,1-2H3,(H,26,28)/t19-/m1/s1. The molecule has 0 radical (unpaired) electrons. The van der Waals surface area contributed by atoms with E-state index in [4.69, 9.17) is 0 Å². The summed E-state index contributed by atoms with van der Waals surface area (Å²) in [5.41, 5.74) is 6.87. The first kappa shape index (κ1) is 19.2. The number of hydrogen-bond acceptors (Lipinski definition) is 2. The molecule has 2 aromatic carbocycles. The van der Waals surface area contributed by atoms with Crippen molar-refractivity contribution in [2.24, 2.45) is 5.92 Å². The zero-order valence-electron chi connectivity index (χ0n) is 17.2. The van der Waals surface area contributed by atoms with Gasteiger partial charge in [0.2, 0.25) is 5.91 Å². The highest BCUT2D eigenvalue weighted by atomic mass is 16.1. The first-order valence-electron chi connectivity index (χ1n) is 10.8. The van der Waals surface area contributed by atoms with Gasteiger partial charge in [0, 0.05) is 12.5 Å². The summed E-state index contributed by atoms with van der Waals surface area (Å²) in [5.74, 6) is 0.370. The van der Waals surface area contributed by atoms with Crippen LogP contribution in [0.2, 0.25) is 0 Å². The number of nitrogens with zero attached hydrogens (tertiary/aromatic N) is 1. The second kappa shape index (κ2) is 8.48. The summed E-state index contributed by atoms with van der Waals surface area (Å²) >= 11 is 0. The molecule has 2 aliphatic rings. The van der Waals surface area contributed by atoms with Crippen molar-refractivity contribution in [3.05, 3.63) is 70.3 Å². The van der Waals surface area contributed by atoms with Crippen LogP contribution in [0.1, 0.15) is 60.0 Å². The average Bonchev–Trinajstić information content (AvgIpc) is 3.18. The number of piperidine rings is 1. The normalized spacial score (nSPS) is 18.6. The van der Waals surface area contributed by atoms with Crippen LogP contribution in [0.4, 0.5) is 0 Å². The SMILES string of the molecule is Cc1ccc(CN2CCC(C(=O)N[C@H](C)c3ccc4c(c3)CCC4)CC2)cc1. The second-order valence-electron chi connectivity index (χ2n) is 8.65. The molecule has 148 valence electrons. The Bertz CT molecular complexity index is 819. The minimum Gasteiger partial charge on any atom is -0.349 e. The van der Waals surface area contributed by atoms with Gasteiger partial charge in [0.25, 0.3) is 0 Å². The molecule has 0 aromatic heterocycles. The van der Waals surface area contributed by atoms with Gasteiger partial charge in [0.1, 0.15) is 0 Å². The van der Waals surface area contributed by atoms with Crippen molar-refractivity contribution in [1.82, 2.24) is 10.2 Å². The lowest BCUT2D eigenvalue weighted by molar-refractivity contribution is -0.127. The molecule has 2 aromatic rings. The molecule has 0 unspecified atom stereocenters. The van der Waals surface area contributed by atoms with Crippen LogP contribution in [0.25, 0.3) is 0 Å². The Labute approximate surface area is 169 Å². The smallest absolute Gasteiger partial charge is 0.223 e. The third-order valence-corrected chi connectivity index (χ3v) is 6.47. The molecule has 4 rings (SSSR count). The Hall–Kier alpha value is -2.13. The molecule has 1 aliphatic carbocycles. The third kappa shape index (κ3) is 4.47. The van der Waals surface area contributed by atoms with Crippen LogP contribution >= 0.6 is 0 Å². The number of carbonyl (C=O) groups is 1. The summed E-state index contributed by atoms with van der Waals surface area (Å²) in [7, 11) is 0. The van der Waals surface area contributed by atoms with Gasteiger partial charge in [-0.2, -0.15) is 0 Å². The first-order chi connectivity index (χ1) is 13.6. The van der Waals surface area contributed by atoms with Crippen molar-refractivity contribution in [3.8, 4) is 0 Å². The highest BCUT2D eigenvalue weighted by Crippen LogP contribution is 2.26. The van der Waals surface area contributed by atoms with Crippen LogP contribution in [0, 0.1) is 12.8 Å².